The third kappa shape index (κ3) is 4.59. The molecule has 2 amide bonds. The lowest BCUT2D eigenvalue weighted by Gasteiger charge is -2.31. The lowest BCUT2D eigenvalue weighted by atomic mass is 9.84. The van der Waals surface area contributed by atoms with E-state index in [1.165, 1.54) is 12.8 Å². The van der Waals surface area contributed by atoms with Crippen molar-refractivity contribution >= 4 is 12.0 Å². The topological polar surface area (TPSA) is 72.9 Å². The summed E-state index contributed by atoms with van der Waals surface area (Å²) in [5.74, 6) is -1.23. The first-order valence-corrected chi connectivity index (χ1v) is 8.04. The molecule has 120 valence electrons. The fraction of sp³-hybridized carbons (Fsp3) is 0.867. The molecule has 0 aromatic heterocycles. The van der Waals surface area contributed by atoms with Gasteiger partial charge in [0.1, 0.15) is 0 Å². The van der Waals surface area contributed by atoms with Crippen LogP contribution in [0.1, 0.15) is 38.5 Å². The third-order valence-electron chi connectivity index (χ3n) is 4.69. The maximum Gasteiger partial charge on any atom is 0.317 e. The molecule has 1 heterocycles. The number of nitrogens with zero attached hydrogens (tertiary/aromatic N) is 2. The van der Waals surface area contributed by atoms with Crippen LogP contribution < -0.4 is 5.32 Å². The second-order valence-electron chi connectivity index (χ2n) is 6.26. The number of carbonyl (C=O) groups is 2. The zero-order chi connectivity index (χ0) is 15.2. The fourth-order valence-electron chi connectivity index (χ4n) is 3.27. The molecule has 1 saturated heterocycles. The summed E-state index contributed by atoms with van der Waals surface area (Å²) in [6.45, 7) is 3.84. The SMILES string of the molecule is CN(CCN1CCCC1)C(=O)NC1CCCCC1C(=O)O. The van der Waals surface area contributed by atoms with E-state index in [1.54, 1.807) is 11.9 Å². The highest BCUT2D eigenvalue weighted by molar-refractivity contribution is 5.76. The van der Waals surface area contributed by atoms with E-state index in [0.29, 0.717) is 13.0 Å². The normalized spacial score (nSPS) is 26.5. The first-order chi connectivity index (χ1) is 10.1. The zero-order valence-electron chi connectivity index (χ0n) is 12.9. The number of amides is 2. The Morgan fingerprint density at radius 1 is 1.19 bits per heavy atom. The summed E-state index contributed by atoms with van der Waals surface area (Å²) in [7, 11) is 1.78. The van der Waals surface area contributed by atoms with Gasteiger partial charge in [0.05, 0.1) is 5.92 Å². The Hall–Kier alpha value is -1.30. The minimum absolute atomic E-state index is 0.146. The van der Waals surface area contributed by atoms with Gasteiger partial charge >= 0.3 is 12.0 Å². The number of likely N-dealkylation sites (N-methyl/N-ethyl adjacent to an activating group) is 1. The fourth-order valence-corrected chi connectivity index (χ4v) is 3.27. The second kappa shape index (κ2) is 7.64. The van der Waals surface area contributed by atoms with Crippen molar-refractivity contribution in [2.24, 2.45) is 5.92 Å². The van der Waals surface area contributed by atoms with E-state index < -0.39 is 11.9 Å². The maximum absolute atomic E-state index is 12.2. The van der Waals surface area contributed by atoms with Crippen molar-refractivity contribution in [3.8, 4) is 0 Å². The number of aliphatic carboxylic acids is 1. The summed E-state index contributed by atoms with van der Waals surface area (Å²) in [6.07, 6.45) is 5.86. The summed E-state index contributed by atoms with van der Waals surface area (Å²) >= 11 is 0. The van der Waals surface area contributed by atoms with Gasteiger partial charge in [-0.2, -0.15) is 0 Å². The monoisotopic (exact) mass is 297 g/mol. The van der Waals surface area contributed by atoms with E-state index in [4.69, 9.17) is 0 Å². The van der Waals surface area contributed by atoms with E-state index in [-0.39, 0.29) is 12.1 Å². The first-order valence-electron chi connectivity index (χ1n) is 8.04. The molecule has 0 aromatic carbocycles. The molecule has 1 aliphatic heterocycles. The Morgan fingerprint density at radius 2 is 1.86 bits per heavy atom. The lowest BCUT2D eigenvalue weighted by Crippen LogP contribution is -2.50. The summed E-state index contributed by atoms with van der Waals surface area (Å²) in [5.41, 5.74) is 0. The molecule has 2 fully saturated rings. The van der Waals surface area contributed by atoms with Gasteiger partial charge in [0.25, 0.3) is 0 Å². The van der Waals surface area contributed by atoms with Gasteiger partial charge in [-0.15, -0.1) is 0 Å². The van der Waals surface area contributed by atoms with E-state index in [1.807, 2.05) is 0 Å². The van der Waals surface area contributed by atoms with Crippen LogP contribution in [0.2, 0.25) is 0 Å². The van der Waals surface area contributed by atoms with Gasteiger partial charge in [0.15, 0.2) is 0 Å². The number of nitrogens with one attached hydrogen (secondary N) is 1. The quantitative estimate of drug-likeness (QED) is 0.804. The van der Waals surface area contributed by atoms with Crippen LogP contribution in [0.5, 0.6) is 0 Å². The van der Waals surface area contributed by atoms with Crippen molar-refractivity contribution in [1.29, 1.82) is 0 Å². The van der Waals surface area contributed by atoms with Crippen LogP contribution in [-0.4, -0.2) is 66.2 Å². The second-order valence-corrected chi connectivity index (χ2v) is 6.26. The highest BCUT2D eigenvalue weighted by Crippen LogP contribution is 2.24. The van der Waals surface area contributed by atoms with Crippen molar-refractivity contribution in [3.63, 3.8) is 0 Å². The maximum atomic E-state index is 12.2. The highest BCUT2D eigenvalue weighted by Gasteiger charge is 2.32. The van der Waals surface area contributed by atoms with Gasteiger partial charge < -0.3 is 20.2 Å². The van der Waals surface area contributed by atoms with Crippen molar-refractivity contribution < 1.29 is 14.7 Å². The van der Waals surface area contributed by atoms with E-state index >= 15 is 0 Å². The summed E-state index contributed by atoms with van der Waals surface area (Å²) < 4.78 is 0. The number of carboxylic acids is 1. The first kappa shape index (κ1) is 16.1. The third-order valence-corrected chi connectivity index (χ3v) is 4.69. The molecule has 6 nitrogen and oxygen atoms in total. The molecule has 0 radical (unpaired) electrons. The molecule has 2 rings (SSSR count). The number of hydrogen-bond donors (Lipinski definition) is 2. The zero-order valence-corrected chi connectivity index (χ0v) is 12.9. The van der Waals surface area contributed by atoms with Crippen LogP contribution in [0.3, 0.4) is 0 Å². The number of urea groups is 1. The molecular weight excluding hydrogens is 270 g/mol. The predicted molar refractivity (Wildman–Crippen MR) is 80.2 cm³/mol. The Morgan fingerprint density at radius 3 is 2.52 bits per heavy atom. The average Bonchev–Trinajstić information content (AvgIpc) is 2.98. The Balaban J connectivity index is 1.77. The minimum Gasteiger partial charge on any atom is -0.481 e. The number of carboxylic acid groups (broad SMARTS) is 1. The minimum atomic E-state index is -0.792. The van der Waals surface area contributed by atoms with Crippen LogP contribution >= 0.6 is 0 Å². The molecule has 2 N–H and O–H groups in total. The van der Waals surface area contributed by atoms with Gasteiger partial charge in [-0.05, 0) is 38.8 Å². The standard InChI is InChI=1S/C15H27N3O3/c1-17(10-11-18-8-4-5-9-18)15(21)16-13-7-3-2-6-12(13)14(19)20/h12-13H,2-11H2,1H3,(H,16,21)(H,19,20). The molecule has 2 aliphatic rings. The molecule has 21 heavy (non-hydrogen) atoms. The molecule has 1 saturated carbocycles. The summed E-state index contributed by atoms with van der Waals surface area (Å²) in [4.78, 5) is 27.5. The number of rotatable bonds is 5. The molecule has 1 aliphatic carbocycles. The molecule has 2 unspecified atom stereocenters. The highest BCUT2D eigenvalue weighted by atomic mass is 16.4. The molecule has 0 bridgehead atoms. The molecule has 0 aromatic rings. The Labute approximate surface area is 126 Å². The summed E-state index contributed by atoms with van der Waals surface area (Å²) in [6, 6.07) is -0.370. The predicted octanol–water partition coefficient (Wildman–Crippen LogP) is 1.37. The van der Waals surface area contributed by atoms with Gasteiger partial charge in [0.2, 0.25) is 0 Å². The van der Waals surface area contributed by atoms with Crippen molar-refractivity contribution in [2.45, 2.75) is 44.6 Å². The van der Waals surface area contributed by atoms with Crippen molar-refractivity contribution in [2.75, 3.05) is 33.2 Å². The van der Waals surface area contributed by atoms with Gasteiger partial charge in [-0.1, -0.05) is 12.8 Å². The van der Waals surface area contributed by atoms with Crippen molar-refractivity contribution in [3.05, 3.63) is 0 Å². The van der Waals surface area contributed by atoms with Gasteiger partial charge in [-0.3, -0.25) is 4.79 Å². The van der Waals surface area contributed by atoms with E-state index in [0.717, 1.165) is 38.9 Å². The van der Waals surface area contributed by atoms with Crippen LogP contribution in [0.25, 0.3) is 0 Å². The lowest BCUT2D eigenvalue weighted by molar-refractivity contribution is -0.143. The number of likely N-dealkylation sites (tertiary alicyclic amines) is 1. The molecule has 6 heteroatoms. The van der Waals surface area contributed by atoms with Crippen LogP contribution in [-0.2, 0) is 4.79 Å². The van der Waals surface area contributed by atoms with E-state index in [2.05, 4.69) is 10.2 Å². The number of carbonyl (C=O) groups excluding carboxylic acids is 1. The average molecular weight is 297 g/mol. The van der Waals surface area contributed by atoms with E-state index in [9.17, 15) is 14.7 Å². The molecule has 0 spiro atoms. The van der Waals surface area contributed by atoms with Gasteiger partial charge in [-0.25, -0.2) is 4.79 Å². The smallest absolute Gasteiger partial charge is 0.317 e. The molecule has 2 atom stereocenters. The van der Waals surface area contributed by atoms with Crippen molar-refractivity contribution in [1.82, 2.24) is 15.1 Å². The van der Waals surface area contributed by atoms with Gasteiger partial charge in [0, 0.05) is 26.2 Å². The Bertz CT molecular complexity index is 369. The van der Waals surface area contributed by atoms with Crippen LogP contribution in [0.4, 0.5) is 4.79 Å². The number of hydrogen-bond acceptors (Lipinski definition) is 3. The molecular formula is C15H27N3O3. The summed E-state index contributed by atoms with van der Waals surface area (Å²) in [5, 5.41) is 12.1. The Kier molecular flexibility index (Phi) is 5.85. The van der Waals surface area contributed by atoms with Crippen LogP contribution in [0.15, 0.2) is 0 Å². The largest absolute Gasteiger partial charge is 0.481 e. The van der Waals surface area contributed by atoms with Crippen LogP contribution in [0, 0.1) is 5.92 Å².